The lowest BCUT2D eigenvalue weighted by Gasteiger charge is -2.11. The first-order valence-electron chi connectivity index (χ1n) is 8.20. The number of carbonyl (C=O) groups is 1. The molecule has 0 unspecified atom stereocenters. The molecule has 2 aromatic carbocycles. The second-order valence-electron chi connectivity index (χ2n) is 5.66. The molecule has 0 saturated heterocycles. The zero-order chi connectivity index (χ0) is 19.6. The molecule has 2 aromatic rings. The summed E-state index contributed by atoms with van der Waals surface area (Å²) in [7, 11) is 0. The van der Waals surface area contributed by atoms with E-state index in [0.717, 1.165) is 5.56 Å². The highest BCUT2D eigenvalue weighted by molar-refractivity contribution is 5.91. The van der Waals surface area contributed by atoms with Gasteiger partial charge in [-0.1, -0.05) is 17.3 Å². The molecule has 0 heterocycles. The molecular weight excluding hydrogens is 358 g/mol. The average molecular weight is 378 g/mol. The van der Waals surface area contributed by atoms with Crippen LogP contribution in [0, 0.1) is 0 Å². The van der Waals surface area contributed by atoms with Gasteiger partial charge in [0.1, 0.15) is 11.5 Å². The molecule has 0 aromatic heterocycles. The van der Waals surface area contributed by atoms with Crippen molar-refractivity contribution in [3.63, 3.8) is 0 Å². The molecule has 8 heteroatoms. The van der Waals surface area contributed by atoms with Gasteiger partial charge in [0.05, 0.1) is 12.3 Å². The lowest BCUT2D eigenvalue weighted by molar-refractivity contribution is -0.120. The van der Waals surface area contributed by atoms with E-state index in [-0.39, 0.29) is 18.5 Å². The summed E-state index contributed by atoms with van der Waals surface area (Å²) in [5, 5.41) is 6.32. The molecule has 0 aliphatic heterocycles. The van der Waals surface area contributed by atoms with E-state index in [4.69, 9.17) is 9.57 Å². The van der Waals surface area contributed by atoms with Crippen LogP contribution in [0.4, 0.5) is 14.5 Å². The Balaban J connectivity index is 1.81. The molecular formula is C19H20F2N2O4. The molecule has 27 heavy (non-hydrogen) atoms. The van der Waals surface area contributed by atoms with Crippen LogP contribution in [-0.2, 0) is 9.63 Å². The van der Waals surface area contributed by atoms with E-state index in [1.165, 1.54) is 30.5 Å². The van der Waals surface area contributed by atoms with Crippen LogP contribution >= 0.6 is 0 Å². The highest BCUT2D eigenvalue weighted by Gasteiger charge is 2.06. The van der Waals surface area contributed by atoms with Crippen molar-refractivity contribution in [1.82, 2.24) is 0 Å². The van der Waals surface area contributed by atoms with Crippen molar-refractivity contribution in [2.24, 2.45) is 5.16 Å². The molecule has 0 bridgehead atoms. The van der Waals surface area contributed by atoms with Gasteiger partial charge in [0.25, 0.3) is 5.91 Å². The smallest absolute Gasteiger partial charge is 0.387 e. The minimum Gasteiger partial charge on any atom is -0.490 e. The molecule has 144 valence electrons. The van der Waals surface area contributed by atoms with Gasteiger partial charge >= 0.3 is 6.61 Å². The third-order valence-electron chi connectivity index (χ3n) is 3.11. The fraction of sp³-hybridized carbons (Fsp3) is 0.263. The maximum absolute atomic E-state index is 12.1. The molecule has 1 N–H and O–H groups in total. The van der Waals surface area contributed by atoms with Crippen LogP contribution in [-0.4, -0.2) is 31.4 Å². The van der Waals surface area contributed by atoms with E-state index in [0.29, 0.717) is 11.4 Å². The second kappa shape index (κ2) is 10.1. The Hall–Kier alpha value is -3.16. The maximum Gasteiger partial charge on any atom is 0.387 e. The number of nitrogens with zero attached hydrogens (tertiary/aromatic N) is 1. The summed E-state index contributed by atoms with van der Waals surface area (Å²) in [6.07, 6.45) is 1.48. The third kappa shape index (κ3) is 7.31. The maximum atomic E-state index is 12.1. The van der Waals surface area contributed by atoms with Gasteiger partial charge in [-0.05, 0) is 50.2 Å². The minimum atomic E-state index is -2.90. The lowest BCUT2D eigenvalue weighted by Crippen LogP contribution is -2.17. The topological polar surface area (TPSA) is 69.2 Å². The highest BCUT2D eigenvalue weighted by atomic mass is 19.3. The fourth-order valence-corrected chi connectivity index (χ4v) is 2.06. The number of nitrogens with one attached hydrogen (secondary N) is 1. The van der Waals surface area contributed by atoms with E-state index in [1.807, 2.05) is 38.1 Å². The Morgan fingerprint density at radius 3 is 2.48 bits per heavy atom. The zero-order valence-corrected chi connectivity index (χ0v) is 14.9. The lowest BCUT2D eigenvalue weighted by atomic mass is 10.2. The van der Waals surface area contributed by atoms with Crippen LogP contribution in [0.5, 0.6) is 11.5 Å². The van der Waals surface area contributed by atoms with Crippen molar-refractivity contribution in [3.05, 3.63) is 54.1 Å². The summed E-state index contributed by atoms with van der Waals surface area (Å²) < 4.78 is 34.1. The van der Waals surface area contributed by atoms with Gasteiger partial charge in [0, 0.05) is 11.3 Å². The summed E-state index contributed by atoms with van der Waals surface area (Å²) in [4.78, 5) is 16.8. The number of benzene rings is 2. The molecule has 0 saturated carbocycles. The molecule has 6 nitrogen and oxygen atoms in total. The van der Waals surface area contributed by atoms with Crippen LogP contribution in [0.15, 0.2) is 53.7 Å². The summed E-state index contributed by atoms with van der Waals surface area (Å²) in [5.74, 6) is 0.225. The predicted octanol–water partition coefficient (Wildman–Crippen LogP) is 4.06. The van der Waals surface area contributed by atoms with Crippen molar-refractivity contribution in [1.29, 1.82) is 0 Å². The van der Waals surface area contributed by atoms with E-state index >= 15 is 0 Å². The fourth-order valence-electron chi connectivity index (χ4n) is 2.06. The number of carbonyl (C=O) groups excluding carboxylic acids is 1. The second-order valence-corrected chi connectivity index (χ2v) is 5.66. The van der Waals surface area contributed by atoms with Gasteiger partial charge in [-0.15, -0.1) is 0 Å². The standard InChI is InChI=1S/C19H20F2N2O4/c1-13(2)26-17-6-4-3-5-14(17)11-22-25-12-18(24)23-15-7-9-16(10-8-15)27-19(20)21/h3-11,13,19H,12H2,1-2H3,(H,23,24)/b22-11+. The number of rotatable bonds is 9. The van der Waals surface area contributed by atoms with Crippen molar-refractivity contribution < 1.29 is 27.9 Å². The number of amides is 1. The van der Waals surface area contributed by atoms with Crippen molar-refractivity contribution in [2.45, 2.75) is 26.6 Å². The quantitative estimate of drug-likeness (QED) is 0.528. The summed E-state index contributed by atoms with van der Waals surface area (Å²) in [6.45, 7) is 0.633. The first kappa shape index (κ1) is 20.2. The first-order chi connectivity index (χ1) is 12.9. The van der Waals surface area contributed by atoms with Crippen LogP contribution in [0.1, 0.15) is 19.4 Å². The van der Waals surface area contributed by atoms with E-state index in [2.05, 4.69) is 15.2 Å². The largest absolute Gasteiger partial charge is 0.490 e. The van der Waals surface area contributed by atoms with E-state index < -0.39 is 12.5 Å². The van der Waals surface area contributed by atoms with Gasteiger partial charge in [-0.3, -0.25) is 4.79 Å². The van der Waals surface area contributed by atoms with Gasteiger partial charge in [0.15, 0.2) is 6.61 Å². The predicted molar refractivity (Wildman–Crippen MR) is 97.5 cm³/mol. The molecule has 0 fully saturated rings. The molecule has 2 rings (SSSR count). The van der Waals surface area contributed by atoms with Crippen LogP contribution in [0.3, 0.4) is 0 Å². The van der Waals surface area contributed by atoms with Crippen molar-refractivity contribution in [2.75, 3.05) is 11.9 Å². The van der Waals surface area contributed by atoms with Gasteiger partial charge < -0.3 is 19.6 Å². The number of ether oxygens (including phenoxy) is 2. The molecule has 0 aliphatic carbocycles. The zero-order valence-electron chi connectivity index (χ0n) is 14.9. The number of alkyl halides is 2. The average Bonchev–Trinajstić information content (AvgIpc) is 2.61. The Morgan fingerprint density at radius 1 is 1.11 bits per heavy atom. The third-order valence-corrected chi connectivity index (χ3v) is 3.11. The number of hydrogen-bond donors (Lipinski definition) is 1. The molecule has 0 radical (unpaired) electrons. The monoisotopic (exact) mass is 378 g/mol. The van der Waals surface area contributed by atoms with Crippen molar-refractivity contribution >= 4 is 17.8 Å². The SMILES string of the molecule is CC(C)Oc1ccccc1/C=N/OCC(=O)Nc1ccc(OC(F)F)cc1. The first-order valence-corrected chi connectivity index (χ1v) is 8.20. The molecule has 1 amide bonds. The summed E-state index contributed by atoms with van der Waals surface area (Å²) in [6, 6.07) is 12.8. The number of para-hydroxylation sites is 1. The van der Waals surface area contributed by atoms with Gasteiger partial charge in [-0.25, -0.2) is 0 Å². The molecule has 0 spiro atoms. The number of oxime groups is 1. The minimum absolute atomic E-state index is 0.00568. The Morgan fingerprint density at radius 2 is 1.81 bits per heavy atom. The number of anilines is 1. The Kier molecular flexibility index (Phi) is 7.54. The number of hydrogen-bond acceptors (Lipinski definition) is 5. The van der Waals surface area contributed by atoms with Gasteiger partial charge in [0.2, 0.25) is 0 Å². The molecule has 0 aliphatic rings. The van der Waals surface area contributed by atoms with E-state index in [1.54, 1.807) is 0 Å². The van der Waals surface area contributed by atoms with Crippen LogP contribution in [0.25, 0.3) is 0 Å². The Labute approximate surface area is 155 Å². The van der Waals surface area contributed by atoms with Gasteiger partial charge in [-0.2, -0.15) is 8.78 Å². The van der Waals surface area contributed by atoms with Crippen LogP contribution in [0.2, 0.25) is 0 Å². The van der Waals surface area contributed by atoms with Crippen molar-refractivity contribution in [3.8, 4) is 11.5 Å². The Bertz CT molecular complexity index is 765. The summed E-state index contributed by atoms with van der Waals surface area (Å²) >= 11 is 0. The van der Waals surface area contributed by atoms with E-state index in [9.17, 15) is 13.6 Å². The number of halogens is 2. The normalized spacial score (nSPS) is 11.0. The van der Waals surface area contributed by atoms with Crippen LogP contribution < -0.4 is 14.8 Å². The highest BCUT2D eigenvalue weighted by Crippen LogP contribution is 2.18. The summed E-state index contributed by atoms with van der Waals surface area (Å²) in [5.41, 5.74) is 1.14. The molecule has 0 atom stereocenters.